The molecule has 0 spiro atoms. The summed E-state index contributed by atoms with van der Waals surface area (Å²) in [5, 5.41) is 0. The summed E-state index contributed by atoms with van der Waals surface area (Å²) in [7, 11) is 0. The molecule has 0 aliphatic heterocycles. The van der Waals surface area contributed by atoms with Crippen LogP contribution in [-0.4, -0.2) is 12.1 Å². The van der Waals surface area contributed by atoms with Crippen molar-refractivity contribution >= 4 is 12.1 Å². The van der Waals surface area contributed by atoms with E-state index in [2.05, 4.69) is 58.9 Å². The molecule has 0 unspecified atom stereocenters. The van der Waals surface area contributed by atoms with Gasteiger partial charge in [0.1, 0.15) is 17.2 Å². The molecule has 200 valence electrons. The van der Waals surface area contributed by atoms with Crippen LogP contribution in [0.3, 0.4) is 0 Å². The summed E-state index contributed by atoms with van der Waals surface area (Å²) in [5.41, 5.74) is 5.14. The second kappa shape index (κ2) is 11.2. The van der Waals surface area contributed by atoms with Crippen molar-refractivity contribution in [3.8, 4) is 17.2 Å². The van der Waals surface area contributed by atoms with Gasteiger partial charge >= 0.3 is 12.1 Å². The zero-order valence-corrected chi connectivity index (χ0v) is 23.3. The van der Waals surface area contributed by atoms with Crippen LogP contribution in [0.1, 0.15) is 62.4 Å². The molecule has 4 rings (SSSR count). The maximum absolute atomic E-state index is 12.4. The van der Waals surface area contributed by atoms with E-state index in [9.17, 15) is 9.59 Å². The van der Waals surface area contributed by atoms with Gasteiger partial charge in [0.15, 0.2) is 0 Å². The minimum atomic E-state index is -0.798. The highest BCUT2D eigenvalue weighted by Crippen LogP contribution is 2.34. The fourth-order valence-electron chi connectivity index (χ4n) is 4.50. The summed E-state index contributed by atoms with van der Waals surface area (Å²) < 4.78 is 16.0. The number of ether oxygens (including phenoxy) is 3. The van der Waals surface area contributed by atoms with Gasteiger partial charge in [-0.3, -0.25) is 4.79 Å². The average molecular weight is 523 g/mol. The van der Waals surface area contributed by atoms with Crippen LogP contribution in [0.4, 0.5) is 4.79 Å². The molecule has 5 heteroatoms. The Labute approximate surface area is 230 Å². The maximum Gasteiger partial charge on any atom is 0.519 e. The van der Waals surface area contributed by atoms with Crippen LogP contribution in [-0.2, 0) is 15.6 Å². The van der Waals surface area contributed by atoms with Crippen molar-refractivity contribution in [2.24, 2.45) is 0 Å². The molecule has 0 fully saturated rings. The number of carbonyl (C=O) groups excluding carboxylic acids is 2. The minimum absolute atomic E-state index is 0.188. The van der Waals surface area contributed by atoms with Gasteiger partial charge in [-0.2, -0.15) is 0 Å². The second-order valence-corrected chi connectivity index (χ2v) is 10.7. The number of benzene rings is 4. The lowest BCUT2D eigenvalue weighted by molar-refractivity contribution is -0.131. The van der Waals surface area contributed by atoms with E-state index in [4.69, 9.17) is 14.2 Å². The summed E-state index contributed by atoms with van der Waals surface area (Å²) in [5.74, 6) is 0.962. The lowest BCUT2D eigenvalue weighted by Gasteiger charge is -2.26. The zero-order valence-electron chi connectivity index (χ0n) is 23.3. The van der Waals surface area contributed by atoms with Crippen molar-refractivity contribution in [1.82, 2.24) is 0 Å². The van der Waals surface area contributed by atoms with E-state index in [1.165, 1.54) is 18.1 Å². The van der Waals surface area contributed by atoms with Crippen molar-refractivity contribution < 1.29 is 23.8 Å². The molecule has 0 aromatic heterocycles. The monoisotopic (exact) mass is 522 g/mol. The van der Waals surface area contributed by atoms with Gasteiger partial charge in [-0.15, -0.1) is 0 Å². The van der Waals surface area contributed by atoms with E-state index >= 15 is 0 Å². The summed E-state index contributed by atoms with van der Waals surface area (Å²) in [4.78, 5) is 23.6. The van der Waals surface area contributed by atoms with Crippen molar-refractivity contribution in [3.63, 3.8) is 0 Å². The largest absolute Gasteiger partial charge is 0.519 e. The van der Waals surface area contributed by atoms with Gasteiger partial charge in [-0.1, -0.05) is 93.9 Å². The number of rotatable bonds is 7. The molecule has 0 radical (unpaired) electrons. The molecule has 39 heavy (non-hydrogen) atoms. The molecule has 0 N–H and O–H groups in total. The summed E-state index contributed by atoms with van der Waals surface area (Å²) in [6.07, 6.45) is -0.798. The van der Waals surface area contributed by atoms with E-state index < -0.39 is 6.16 Å². The van der Waals surface area contributed by atoms with Gasteiger partial charge in [-0.25, -0.2) is 4.79 Å². The second-order valence-electron chi connectivity index (χ2n) is 10.7. The third-order valence-corrected chi connectivity index (χ3v) is 7.17. The molecule has 0 amide bonds. The third-order valence-electron chi connectivity index (χ3n) is 7.17. The predicted molar refractivity (Wildman–Crippen MR) is 153 cm³/mol. The molecule has 4 aromatic carbocycles. The Morgan fingerprint density at radius 1 is 0.487 bits per heavy atom. The SMILES string of the molecule is CC(=O)Oc1ccc(C(C)(C)c2ccc(OC(=O)Oc3ccc(C(C)(C)c4ccc(C)cc4)cc3)cc2)cc1. The highest BCUT2D eigenvalue weighted by atomic mass is 16.7. The molecule has 0 bridgehead atoms. The molecule has 0 aliphatic carbocycles. The Hall–Kier alpha value is -4.38. The first kappa shape index (κ1) is 27.6. The smallest absolute Gasteiger partial charge is 0.427 e. The first-order valence-corrected chi connectivity index (χ1v) is 12.9. The van der Waals surface area contributed by atoms with E-state index in [1.807, 2.05) is 36.4 Å². The molecule has 0 aliphatic rings. The Kier molecular flexibility index (Phi) is 7.91. The molecule has 4 aromatic rings. The molecular formula is C34H34O5. The summed E-state index contributed by atoms with van der Waals surface area (Å²) in [6, 6.07) is 30.8. The molecule has 0 atom stereocenters. The van der Waals surface area contributed by atoms with Crippen LogP contribution < -0.4 is 14.2 Å². The van der Waals surface area contributed by atoms with Crippen LogP contribution in [0.15, 0.2) is 97.1 Å². The lowest BCUT2D eigenvalue weighted by Crippen LogP contribution is -2.19. The van der Waals surface area contributed by atoms with Gasteiger partial charge in [0.05, 0.1) is 0 Å². The van der Waals surface area contributed by atoms with Crippen LogP contribution in [0.2, 0.25) is 0 Å². The Bertz CT molecular complexity index is 1430. The van der Waals surface area contributed by atoms with Crippen LogP contribution >= 0.6 is 0 Å². The fraction of sp³-hybridized carbons (Fsp3) is 0.235. The minimum Gasteiger partial charge on any atom is -0.427 e. The van der Waals surface area contributed by atoms with Gasteiger partial charge in [0.25, 0.3) is 0 Å². The first-order valence-electron chi connectivity index (χ1n) is 12.9. The predicted octanol–water partition coefficient (Wildman–Crippen LogP) is 8.15. The normalized spacial score (nSPS) is 11.5. The van der Waals surface area contributed by atoms with Crippen molar-refractivity contribution in [2.45, 2.75) is 52.4 Å². The third kappa shape index (κ3) is 6.55. The van der Waals surface area contributed by atoms with Gasteiger partial charge in [0.2, 0.25) is 0 Å². The fourth-order valence-corrected chi connectivity index (χ4v) is 4.50. The van der Waals surface area contributed by atoms with E-state index in [-0.39, 0.29) is 16.8 Å². The number of hydrogen-bond acceptors (Lipinski definition) is 5. The van der Waals surface area contributed by atoms with Crippen molar-refractivity contribution in [2.75, 3.05) is 0 Å². The highest BCUT2D eigenvalue weighted by molar-refractivity contribution is 5.69. The summed E-state index contributed by atoms with van der Waals surface area (Å²) >= 11 is 0. The number of carbonyl (C=O) groups is 2. The molecule has 0 heterocycles. The highest BCUT2D eigenvalue weighted by Gasteiger charge is 2.24. The molecule has 5 nitrogen and oxygen atoms in total. The van der Waals surface area contributed by atoms with Gasteiger partial charge < -0.3 is 14.2 Å². The van der Waals surface area contributed by atoms with E-state index in [0.29, 0.717) is 17.2 Å². The number of hydrogen-bond donors (Lipinski definition) is 0. The van der Waals surface area contributed by atoms with Crippen molar-refractivity contribution in [3.05, 3.63) is 125 Å². The van der Waals surface area contributed by atoms with Crippen LogP contribution in [0, 0.1) is 6.92 Å². The number of aryl methyl sites for hydroxylation is 1. The average Bonchev–Trinajstić information content (AvgIpc) is 2.89. The standard InChI is InChI=1S/C34H34O5/c1-23-7-9-25(10-8-23)33(3,4)27-13-19-30(20-14-27)38-32(36)39-31-21-15-28(16-22-31)34(5,6)26-11-17-29(18-12-26)37-24(2)35/h7-22H,1-6H3. The van der Waals surface area contributed by atoms with Crippen LogP contribution in [0.5, 0.6) is 17.2 Å². The molecule has 0 saturated heterocycles. The topological polar surface area (TPSA) is 61.8 Å². The summed E-state index contributed by atoms with van der Waals surface area (Å²) in [6.45, 7) is 12.0. The zero-order chi connectivity index (χ0) is 28.2. The van der Waals surface area contributed by atoms with E-state index in [0.717, 1.165) is 16.7 Å². The van der Waals surface area contributed by atoms with Crippen LogP contribution in [0.25, 0.3) is 0 Å². The van der Waals surface area contributed by atoms with E-state index in [1.54, 1.807) is 36.4 Å². The van der Waals surface area contributed by atoms with Crippen molar-refractivity contribution in [1.29, 1.82) is 0 Å². The molecule has 0 saturated carbocycles. The lowest BCUT2D eigenvalue weighted by atomic mass is 9.78. The van der Waals surface area contributed by atoms with Gasteiger partial charge in [0, 0.05) is 17.8 Å². The Balaban J connectivity index is 1.38. The number of esters is 1. The Morgan fingerprint density at radius 2 is 0.769 bits per heavy atom. The van der Waals surface area contributed by atoms with Gasteiger partial charge in [-0.05, 0) is 65.6 Å². The molecular weight excluding hydrogens is 488 g/mol. The first-order chi connectivity index (χ1) is 18.4. The maximum atomic E-state index is 12.4. The quantitative estimate of drug-likeness (QED) is 0.139. The Morgan fingerprint density at radius 3 is 1.08 bits per heavy atom.